The Morgan fingerprint density at radius 1 is 1.03 bits per heavy atom. The summed E-state index contributed by atoms with van der Waals surface area (Å²) in [4.78, 5) is 26.2. The van der Waals surface area contributed by atoms with Crippen LogP contribution in [0.4, 0.5) is 5.69 Å². The smallest absolute Gasteiger partial charge is 0.255 e. The summed E-state index contributed by atoms with van der Waals surface area (Å²) in [6.45, 7) is 5.50. The van der Waals surface area contributed by atoms with Crippen LogP contribution in [-0.2, 0) is 4.79 Å². The average molecular weight is 462 g/mol. The number of benzene rings is 1. The summed E-state index contributed by atoms with van der Waals surface area (Å²) in [6, 6.07) is 10.2. The lowest BCUT2D eigenvalue weighted by atomic mass is 9.83. The minimum atomic E-state index is -0.625. The van der Waals surface area contributed by atoms with Crippen LogP contribution in [0, 0.1) is 31.9 Å². The van der Waals surface area contributed by atoms with Crippen molar-refractivity contribution in [3.05, 3.63) is 76.6 Å². The molecule has 1 fully saturated rings. The number of furan rings is 1. The Morgan fingerprint density at radius 3 is 2.38 bits per heavy atom. The van der Waals surface area contributed by atoms with Gasteiger partial charge in [0.15, 0.2) is 11.9 Å². The number of hydrogen-bond acceptors (Lipinski definition) is 4. The Balaban J connectivity index is 1.52. The molecule has 3 aromatic rings. The molecule has 2 heterocycles. The first-order valence-corrected chi connectivity index (χ1v) is 11.8. The molecule has 0 bridgehead atoms. The van der Waals surface area contributed by atoms with Crippen molar-refractivity contribution in [3.63, 3.8) is 0 Å². The molecule has 1 aromatic carbocycles. The first-order chi connectivity index (χ1) is 16.3. The molecule has 1 aliphatic carbocycles. The number of rotatable bonds is 6. The summed E-state index contributed by atoms with van der Waals surface area (Å²) in [5, 5.41) is 18.0. The van der Waals surface area contributed by atoms with Gasteiger partial charge in [0, 0.05) is 18.7 Å². The van der Waals surface area contributed by atoms with Crippen molar-refractivity contribution < 1.29 is 18.7 Å². The van der Waals surface area contributed by atoms with Gasteiger partial charge in [0.2, 0.25) is 5.91 Å². The third-order valence-electron chi connectivity index (χ3n) is 6.78. The molecule has 4 rings (SSSR count). The highest BCUT2D eigenvalue weighted by Crippen LogP contribution is 2.29. The van der Waals surface area contributed by atoms with Gasteiger partial charge in [0.1, 0.15) is 11.8 Å². The third-order valence-corrected chi connectivity index (χ3v) is 6.78. The number of aryl methyl sites for hydroxylation is 2. The molecule has 0 aliphatic heterocycles. The molecular weight excluding hydrogens is 430 g/mol. The van der Waals surface area contributed by atoms with E-state index in [4.69, 9.17) is 4.42 Å². The van der Waals surface area contributed by atoms with Gasteiger partial charge >= 0.3 is 0 Å². The second kappa shape index (κ2) is 10.1. The van der Waals surface area contributed by atoms with Crippen LogP contribution in [0.3, 0.4) is 0 Å². The lowest BCUT2D eigenvalue weighted by molar-refractivity contribution is -0.611. The summed E-state index contributed by atoms with van der Waals surface area (Å²) in [6.07, 6.45) is 8.06. The zero-order valence-electron chi connectivity index (χ0n) is 19.9. The van der Waals surface area contributed by atoms with Gasteiger partial charge in [-0.3, -0.25) is 9.59 Å². The molecule has 1 aliphatic rings. The van der Waals surface area contributed by atoms with Crippen molar-refractivity contribution in [2.45, 2.75) is 58.9 Å². The van der Waals surface area contributed by atoms with Gasteiger partial charge in [-0.05, 0) is 61.9 Å². The lowest BCUT2D eigenvalue weighted by Crippen LogP contribution is -2.49. The Morgan fingerprint density at radius 2 is 1.74 bits per heavy atom. The second-order valence-electron chi connectivity index (χ2n) is 9.09. The van der Waals surface area contributed by atoms with Crippen LogP contribution in [0.2, 0.25) is 0 Å². The Bertz CT molecular complexity index is 1180. The predicted molar refractivity (Wildman–Crippen MR) is 130 cm³/mol. The van der Waals surface area contributed by atoms with E-state index in [0.29, 0.717) is 22.7 Å². The summed E-state index contributed by atoms with van der Waals surface area (Å²) < 4.78 is 6.12. The van der Waals surface area contributed by atoms with Crippen molar-refractivity contribution in [2.75, 3.05) is 5.32 Å². The van der Waals surface area contributed by atoms with Crippen LogP contribution >= 0.6 is 0 Å². The first-order valence-electron chi connectivity index (χ1n) is 11.8. The Hall–Kier alpha value is -3.61. The topological polar surface area (TPSA) is 98.3 Å². The monoisotopic (exact) mass is 461 g/mol. The number of anilines is 1. The molecule has 2 aromatic heterocycles. The van der Waals surface area contributed by atoms with Crippen molar-refractivity contribution in [3.8, 4) is 11.1 Å². The zero-order chi connectivity index (χ0) is 24.2. The van der Waals surface area contributed by atoms with Crippen LogP contribution < -0.4 is 15.4 Å². The van der Waals surface area contributed by atoms with E-state index in [1.54, 1.807) is 26.0 Å². The number of amides is 2. The van der Waals surface area contributed by atoms with Gasteiger partial charge in [-0.2, -0.15) is 4.73 Å². The zero-order valence-corrected chi connectivity index (χ0v) is 19.9. The summed E-state index contributed by atoms with van der Waals surface area (Å²) in [5.74, 6) is 0.0972. The Kier molecular flexibility index (Phi) is 7.01. The molecule has 0 radical (unpaired) electrons. The van der Waals surface area contributed by atoms with Gasteiger partial charge < -0.3 is 20.3 Å². The van der Waals surface area contributed by atoms with Crippen LogP contribution in [0.5, 0.6) is 0 Å². The molecule has 178 valence electrons. The predicted octanol–water partition coefficient (Wildman–Crippen LogP) is 4.82. The van der Waals surface area contributed by atoms with Crippen LogP contribution in [0.1, 0.15) is 59.5 Å². The Labute approximate surface area is 199 Å². The maximum atomic E-state index is 13.3. The van der Waals surface area contributed by atoms with Crippen LogP contribution in [-0.4, -0.2) is 17.9 Å². The highest BCUT2D eigenvalue weighted by Gasteiger charge is 2.32. The van der Waals surface area contributed by atoms with Crippen molar-refractivity contribution in [1.82, 2.24) is 5.32 Å². The lowest BCUT2D eigenvalue weighted by Gasteiger charge is -2.30. The molecule has 1 saturated carbocycles. The standard InChI is InChI=1S/C27H31N3O4/c1-17-13-15-30(33)18(2)24(17)20-9-11-22(12-10-20)28-27(32)25(21-7-5-4-6-8-21)29-26(31)23-14-16-34-19(23)3/h9-16,21,25H,4-8H2,1-3H3,(H,28,32)(H,29,31). The van der Waals surface area contributed by atoms with E-state index in [1.165, 1.54) is 12.5 Å². The molecule has 0 spiro atoms. The van der Waals surface area contributed by atoms with E-state index >= 15 is 0 Å². The molecule has 2 N–H and O–H groups in total. The van der Waals surface area contributed by atoms with E-state index in [9.17, 15) is 14.8 Å². The second-order valence-corrected chi connectivity index (χ2v) is 9.09. The molecule has 0 saturated heterocycles. The number of pyridine rings is 1. The van der Waals surface area contributed by atoms with Gasteiger partial charge in [-0.25, -0.2) is 0 Å². The van der Waals surface area contributed by atoms with Gasteiger partial charge in [-0.15, -0.1) is 0 Å². The van der Waals surface area contributed by atoms with Crippen LogP contribution in [0.25, 0.3) is 11.1 Å². The summed E-state index contributed by atoms with van der Waals surface area (Å²) >= 11 is 0. The van der Waals surface area contributed by atoms with Crippen LogP contribution in [0.15, 0.2) is 53.3 Å². The fourth-order valence-electron chi connectivity index (χ4n) is 4.85. The fraction of sp³-hybridized carbons (Fsp3) is 0.370. The van der Waals surface area contributed by atoms with Crippen molar-refractivity contribution >= 4 is 17.5 Å². The first kappa shape index (κ1) is 23.5. The minimum Gasteiger partial charge on any atom is -0.618 e. The molecule has 7 heteroatoms. The van der Waals surface area contributed by atoms with Crippen molar-refractivity contribution in [1.29, 1.82) is 0 Å². The molecule has 1 atom stereocenters. The van der Waals surface area contributed by atoms with E-state index in [2.05, 4.69) is 10.6 Å². The highest BCUT2D eigenvalue weighted by atomic mass is 16.5. The quantitative estimate of drug-likeness (QED) is 0.406. The number of hydrogen-bond donors (Lipinski definition) is 2. The van der Waals surface area contributed by atoms with Gasteiger partial charge in [-0.1, -0.05) is 31.4 Å². The minimum absolute atomic E-state index is 0.0892. The largest absolute Gasteiger partial charge is 0.618 e. The number of aromatic nitrogens is 1. The van der Waals surface area contributed by atoms with Gasteiger partial charge in [0.05, 0.1) is 17.4 Å². The number of nitrogens with one attached hydrogen (secondary N) is 2. The maximum absolute atomic E-state index is 13.3. The molecule has 7 nitrogen and oxygen atoms in total. The summed E-state index contributed by atoms with van der Waals surface area (Å²) in [5.41, 5.74) is 4.53. The van der Waals surface area contributed by atoms with E-state index in [0.717, 1.165) is 53.5 Å². The number of carbonyl (C=O) groups excluding carboxylic acids is 2. The SMILES string of the molecule is Cc1cc[n+]([O-])c(C)c1-c1ccc(NC(=O)C(NC(=O)c2ccoc2C)C2CCCCC2)cc1. The molecule has 34 heavy (non-hydrogen) atoms. The third kappa shape index (κ3) is 4.98. The van der Waals surface area contributed by atoms with Gasteiger partial charge in [0.25, 0.3) is 5.91 Å². The fourth-order valence-corrected chi connectivity index (χ4v) is 4.85. The normalized spacial score (nSPS) is 15.0. The number of nitrogens with zero attached hydrogens (tertiary/aromatic N) is 1. The van der Waals surface area contributed by atoms with Crippen molar-refractivity contribution in [2.24, 2.45) is 5.92 Å². The van der Waals surface area contributed by atoms with E-state index < -0.39 is 6.04 Å². The average Bonchev–Trinajstić information content (AvgIpc) is 3.27. The molecule has 2 amide bonds. The highest BCUT2D eigenvalue weighted by molar-refractivity contribution is 6.01. The summed E-state index contributed by atoms with van der Waals surface area (Å²) in [7, 11) is 0. The molecule has 1 unspecified atom stereocenters. The van der Waals surface area contributed by atoms with E-state index in [-0.39, 0.29) is 17.7 Å². The maximum Gasteiger partial charge on any atom is 0.255 e. The van der Waals surface area contributed by atoms with E-state index in [1.807, 2.05) is 31.2 Å². The molecular formula is C27H31N3O4. The number of carbonyl (C=O) groups is 2.